The number of para-hydroxylation sites is 1. The zero-order valence-electron chi connectivity index (χ0n) is 11.8. The molecule has 21 heavy (non-hydrogen) atoms. The summed E-state index contributed by atoms with van der Waals surface area (Å²) in [6.07, 6.45) is 7.19. The number of halogens is 1. The molecule has 3 rings (SSSR count). The van der Waals surface area contributed by atoms with Crippen LogP contribution < -0.4 is 5.06 Å². The van der Waals surface area contributed by atoms with E-state index in [4.69, 9.17) is 16.4 Å². The van der Waals surface area contributed by atoms with Gasteiger partial charge in [-0.05, 0) is 41.8 Å². The summed E-state index contributed by atoms with van der Waals surface area (Å²) >= 11 is 5.90. The Balaban J connectivity index is 1.86. The monoisotopic (exact) mass is 297 g/mol. The summed E-state index contributed by atoms with van der Waals surface area (Å²) in [5.41, 5.74) is 4.50. The van der Waals surface area contributed by atoms with Crippen molar-refractivity contribution in [3.05, 3.63) is 82.5 Å². The molecular formula is C18H16ClNO. The van der Waals surface area contributed by atoms with Gasteiger partial charge in [-0.15, -0.1) is 0 Å². The molecule has 0 amide bonds. The first kappa shape index (κ1) is 13.9. The number of hydrogen-bond donors (Lipinski definition) is 0. The molecule has 0 N–H and O–H groups in total. The van der Waals surface area contributed by atoms with Crippen molar-refractivity contribution in [2.24, 2.45) is 0 Å². The van der Waals surface area contributed by atoms with Gasteiger partial charge >= 0.3 is 0 Å². The van der Waals surface area contributed by atoms with E-state index in [1.807, 2.05) is 35.4 Å². The van der Waals surface area contributed by atoms with E-state index >= 15 is 0 Å². The van der Waals surface area contributed by atoms with E-state index in [2.05, 4.69) is 36.4 Å². The molecule has 0 radical (unpaired) electrons. The van der Waals surface area contributed by atoms with Crippen molar-refractivity contribution in [1.29, 1.82) is 0 Å². The highest BCUT2D eigenvalue weighted by Crippen LogP contribution is 2.30. The molecule has 106 valence electrons. The Morgan fingerprint density at radius 2 is 1.81 bits per heavy atom. The number of rotatable bonds is 3. The lowest BCUT2D eigenvalue weighted by atomic mass is 10.0. The van der Waals surface area contributed by atoms with Crippen LogP contribution in [0.2, 0.25) is 5.02 Å². The summed E-state index contributed by atoms with van der Waals surface area (Å²) in [5.74, 6) is 0. The molecule has 0 saturated carbocycles. The lowest BCUT2D eigenvalue weighted by Gasteiger charge is -2.28. The molecule has 0 saturated heterocycles. The van der Waals surface area contributed by atoms with Gasteiger partial charge in [-0.1, -0.05) is 54.1 Å². The number of allylic oxidation sites excluding steroid dienone is 2. The summed E-state index contributed by atoms with van der Waals surface area (Å²) in [6.45, 7) is 0. The lowest BCUT2D eigenvalue weighted by Crippen LogP contribution is -2.24. The number of anilines is 1. The third kappa shape index (κ3) is 3.02. The number of hydroxylamine groups is 1. The van der Waals surface area contributed by atoms with E-state index in [1.54, 1.807) is 7.11 Å². The molecule has 1 heterocycles. The van der Waals surface area contributed by atoms with Crippen LogP contribution >= 0.6 is 11.6 Å². The second kappa shape index (κ2) is 6.17. The van der Waals surface area contributed by atoms with Gasteiger partial charge in [-0.25, -0.2) is 5.06 Å². The third-order valence-corrected chi connectivity index (χ3v) is 3.73. The number of nitrogens with zero attached hydrogens (tertiary/aromatic N) is 1. The first-order chi connectivity index (χ1) is 10.3. The normalized spacial score (nSPS) is 14.2. The van der Waals surface area contributed by atoms with Gasteiger partial charge < -0.3 is 0 Å². The molecule has 2 aromatic rings. The van der Waals surface area contributed by atoms with Gasteiger partial charge in [0, 0.05) is 5.02 Å². The Kier molecular flexibility index (Phi) is 4.09. The Hall–Kier alpha value is -2.03. The van der Waals surface area contributed by atoms with Crippen LogP contribution in [-0.2, 0) is 11.3 Å². The maximum Gasteiger partial charge on any atom is 0.0730 e. The van der Waals surface area contributed by atoms with Gasteiger partial charge in [0.05, 0.1) is 18.5 Å². The van der Waals surface area contributed by atoms with E-state index in [0.717, 1.165) is 28.4 Å². The first-order valence-corrected chi connectivity index (χ1v) is 7.21. The van der Waals surface area contributed by atoms with Gasteiger partial charge in [-0.2, -0.15) is 0 Å². The van der Waals surface area contributed by atoms with E-state index in [1.165, 1.54) is 5.56 Å². The number of fused-ring (bicyclic) bond motifs is 1. The fourth-order valence-electron chi connectivity index (χ4n) is 2.41. The van der Waals surface area contributed by atoms with Crippen molar-refractivity contribution in [3.63, 3.8) is 0 Å². The smallest absolute Gasteiger partial charge is 0.0730 e. The average molecular weight is 298 g/mol. The number of hydrogen-bond acceptors (Lipinski definition) is 2. The Labute approximate surface area is 129 Å². The van der Waals surface area contributed by atoms with Crippen LogP contribution in [0.25, 0.3) is 6.08 Å². The topological polar surface area (TPSA) is 12.5 Å². The molecular weight excluding hydrogens is 282 g/mol. The van der Waals surface area contributed by atoms with Crippen molar-refractivity contribution in [1.82, 2.24) is 0 Å². The quantitative estimate of drug-likeness (QED) is 0.802. The Morgan fingerprint density at radius 3 is 2.57 bits per heavy atom. The fourth-order valence-corrected chi connectivity index (χ4v) is 2.54. The minimum atomic E-state index is 0.747. The first-order valence-electron chi connectivity index (χ1n) is 6.84. The summed E-state index contributed by atoms with van der Waals surface area (Å²) in [6, 6.07) is 16.0. The van der Waals surface area contributed by atoms with Crippen LogP contribution in [0.4, 0.5) is 5.69 Å². The molecule has 1 aliphatic rings. The minimum absolute atomic E-state index is 0.747. The zero-order chi connectivity index (χ0) is 14.7. The predicted molar refractivity (Wildman–Crippen MR) is 88.2 cm³/mol. The highest BCUT2D eigenvalue weighted by molar-refractivity contribution is 6.30. The maximum absolute atomic E-state index is 5.90. The molecule has 0 bridgehead atoms. The fraction of sp³-hybridized carbons (Fsp3) is 0.111. The van der Waals surface area contributed by atoms with Gasteiger partial charge in [0.25, 0.3) is 0 Å². The van der Waals surface area contributed by atoms with Crippen molar-refractivity contribution in [2.75, 3.05) is 12.2 Å². The average Bonchev–Trinajstić information content (AvgIpc) is 2.53. The van der Waals surface area contributed by atoms with Crippen LogP contribution in [-0.4, -0.2) is 7.11 Å². The van der Waals surface area contributed by atoms with Crippen LogP contribution in [0.5, 0.6) is 0 Å². The highest BCUT2D eigenvalue weighted by Gasteiger charge is 2.17. The van der Waals surface area contributed by atoms with Crippen molar-refractivity contribution < 1.29 is 4.84 Å². The largest absolute Gasteiger partial charge is 0.272 e. The Morgan fingerprint density at radius 1 is 1.05 bits per heavy atom. The SMILES string of the molecule is CON1C(C=Cc2ccc(Cl)cc2)=CCc2ccccc21. The van der Waals surface area contributed by atoms with Gasteiger partial charge in [-0.3, -0.25) is 4.84 Å². The summed E-state index contributed by atoms with van der Waals surface area (Å²) < 4.78 is 0. The van der Waals surface area contributed by atoms with Crippen LogP contribution in [0.15, 0.2) is 66.4 Å². The number of benzene rings is 2. The third-order valence-electron chi connectivity index (χ3n) is 3.48. The maximum atomic E-state index is 5.90. The van der Waals surface area contributed by atoms with Crippen molar-refractivity contribution in [3.8, 4) is 0 Å². The molecule has 1 aliphatic heterocycles. The molecule has 0 fully saturated rings. The van der Waals surface area contributed by atoms with E-state index in [0.29, 0.717) is 0 Å². The summed E-state index contributed by atoms with van der Waals surface area (Å²) in [4.78, 5) is 5.53. The van der Waals surface area contributed by atoms with Crippen molar-refractivity contribution >= 4 is 23.4 Å². The molecule has 0 atom stereocenters. The molecule has 2 nitrogen and oxygen atoms in total. The van der Waals surface area contributed by atoms with E-state index < -0.39 is 0 Å². The Bertz CT molecular complexity index is 689. The zero-order valence-corrected chi connectivity index (χ0v) is 12.5. The van der Waals surface area contributed by atoms with Crippen molar-refractivity contribution in [2.45, 2.75) is 6.42 Å². The summed E-state index contributed by atoms with van der Waals surface area (Å²) in [7, 11) is 1.69. The van der Waals surface area contributed by atoms with E-state index in [9.17, 15) is 0 Å². The summed E-state index contributed by atoms with van der Waals surface area (Å²) in [5, 5.41) is 2.60. The predicted octanol–water partition coefficient (Wildman–Crippen LogP) is 4.86. The highest BCUT2D eigenvalue weighted by atomic mass is 35.5. The van der Waals surface area contributed by atoms with Gasteiger partial charge in [0.2, 0.25) is 0 Å². The lowest BCUT2D eigenvalue weighted by molar-refractivity contribution is 0.189. The van der Waals surface area contributed by atoms with E-state index in [-0.39, 0.29) is 0 Å². The molecule has 0 aliphatic carbocycles. The molecule has 0 spiro atoms. The second-order valence-corrected chi connectivity index (χ2v) is 5.26. The standard InChI is InChI=1S/C18H16ClNO/c1-21-20-17(12-8-14-6-10-16(19)11-7-14)13-9-15-4-2-3-5-18(15)20/h2-8,10-13H,9H2,1H3. The van der Waals surface area contributed by atoms with Gasteiger partial charge in [0.1, 0.15) is 0 Å². The molecule has 2 aromatic carbocycles. The molecule has 0 unspecified atom stereocenters. The second-order valence-electron chi connectivity index (χ2n) is 4.82. The van der Waals surface area contributed by atoms with Gasteiger partial charge in [0.15, 0.2) is 0 Å². The minimum Gasteiger partial charge on any atom is -0.272 e. The van der Waals surface area contributed by atoms with Crippen LogP contribution in [0, 0.1) is 0 Å². The molecule has 0 aromatic heterocycles. The van der Waals surface area contributed by atoms with Crippen LogP contribution in [0.1, 0.15) is 11.1 Å². The molecule has 3 heteroatoms. The van der Waals surface area contributed by atoms with Crippen LogP contribution in [0.3, 0.4) is 0 Å².